The molecule has 0 aliphatic carbocycles. The molecule has 0 unspecified atom stereocenters. The number of hydrogen-bond donors (Lipinski definition) is 2. The third-order valence-electron chi connectivity index (χ3n) is 4.34. The van der Waals surface area contributed by atoms with Crippen LogP contribution in [0.4, 0.5) is 0 Å². The van der Waals surface area contributed by atoms with E-state index in [0.29, 0.717) is 0 Å². The molecule has 0 fully saturated rings. The number of benzene rings is 2. The Hall–Kier alpha value is -2.49. The molecule has 0 aliphatic rings. The Balaban J connectivity index is 1.32. The molecule has 4 rings (SSSR count). The van der Waals surface area contributed by atoms with Gasteiger partial charge in [-0.2, -0.15) is 0 Å². The van der Waals surface area contributed by atoms with Crippen molar-refractivity contribution in [3.8, 4) is 11.3 Å². The summed E-state index contributed by atoms with van der Waals surface area (Å²) in [5, 5.41) is 5.48. The van der Waals surface area contributed by atoms with Gasteiger partial charge in [0.15, 0.2) is 0 Å². The van der Waals surface area contributed by atoms with Gasteiger partial charge in [0.1, 0.15) is 11.5 Å². The van der Waals surface area contributed by atoms with Crippen LogP contribution in [0.2, 0.25) is 5.02 Å². The molecule has 0 spiro atoms. The topological polar surface area (TPSA) is 41.0 Å². The molecule has 0 bridgehead atoms. The molecule has 0 aliphatic heterocycles. The average molecular weight is 351 g/mol. The molecule has 4 heteroatoms. The van der Waals surface area contributed by atoms with Gasteiger partial charge in [-0.05, 0) is 61.0 Å². The third kappa shape index (κ3) is 3.63. The second-order valence-electron chi connectivity index (χ2n) is 6.06. The molecule has 126 valence electrons. The van der Waals surface area contributed by atoms with E-state index in [1.54, 1.807) is 0 Å². The van der Waals surface area contributed by atoms with E-state index in [1.807, 2.05) is 36.4 Å². The highest BCUT2D eigenvalue weighted by Crippen LogP contribution is 2.24. The minimum atomic E-state index is 0.718. The average Bonchev–Trinajstić information content (AvgIpc) is 3.27. The van der Waals surface area contributed by atoms with E-state index in [1.165, 1.54) is 16.5 Å². The normalized spacial score (nSPS) is 11.2. The SMILES string of the molecule is Clc1ccc(-c2ccc(CNCCc3c[nH]c4ccccc34)o2)cc1. The second kappa shape index (κ2) is 7.18. The van der Waals surface area contributed by atoms with Crippen LogP contribution >= 0.6 is 11.6 Å². The monoisotopic (exact) mass is 350 g/mol. The molecule has 0 saturated heterocycles. The summed E-state index contributed by atoms with van der Waals surface area (Å²) in [5.41, 5.74) is 3.56. The van der Waals surface area contributed by atoms with Crippen molar-refractivity contribution >= 4 is 22.5 Å². The van der Waals surface area contributed by atoms with Crippen LogP contribution in [-0.2, 0) is 13.0 Å². The summed E-state index contributed by atoms with van der Waals surface area (Å²) in [6, 6.07) is 20.1. The fourth-order valence-corrected chi connectivity index (χ4v) is 3.14. The van der Waals surface area contributed by atoms with E-state index in [9.17, 15) is 0 Å². The van der Waals surface area contributed by atoms with E-state index in [0.717, 1.165) is 41.6 Å². The molecule has 0 atom stereocenters. The van der Waals surface area contributed by atoms with Crippen LogP contribution in [0.1, 0.15) is 11.3 Å². The summed E-state index contributed by atoms with van der Waals surface area (Å²) in [5.74, 6) is 1.80. The van der Waals surface area contributed by atoms with Crippen molar-refractivity contribution in [1.82, 2.24) is 10.3 Å². The fourth-order valence-electron chi connectivity index (χ4n) is 3.02. The van der Waals surface area contributed by atoms with Gasteiger partial charge >= 0.3 is 0 Å². The number of rotatable bonds is 6. The molecule has 2 aromatic carbocycles. The summed E-state index contributed by atoms with van der Waals surface area (Å²) in [7, 11) is 0. The molecular formula is C21H19ClN2O. The van der Waals surface area contributed by atoms with Gasteiger partial charge in [-0.25, -0.2) is 0 Å². The zero-order valence-electron chi connectivity index (χ0n) is 13.8. The lowest BCUT2D eigenvalue weighted by Crippen LogP contribution is -2.16. The van der Waals surface area contributed by atoms with Crippen molar-refractivity contribution < 1.29 is 4.42 Å². The molecule has 25 heavy (non-hydrogen) atoms. The molecule has 3 nitrogen and oxygen atoms in total. The van der Waals surface area contributed by atoms with Gasteiger partial charge < -0.3 is 14.7 Å². The van der Waals surface area contributed by atoms with Gasteiger partial charge in [-0.15, -0.1) is 0 Å². The Bertz CT molecular complexity index is 969. The van der Waals surface area contributed by atoms with Crippen LogP contribution < -0.4 is 5.32 Å². The van der Waals surface area contributed by atoms with Crippen molar-refractivity contribution in [3.63, 3.8) is 0 Å². The first-order valence-electron chi connectivity index (χ1n) is 8.40. The molecule has 0 amide bonds. The van der Waals surface area contributed by atoms with E-state index >= 15 is 0 Å². The highest BCUT2D eigenvalue weighted by molar-refractivity contribution is 6.30. The minimum Gasteiger partial charge on any atom is -0.460 e. The maximum atomic E-state index is 5.92. The van der Waals surface area contributed by atoms with E-state index in [-0.39, 0.29) is 0 Å². The Labute approximate surface area is 151 Å². The predicted molar refractivity (Wildman–Crippen MR) is 103 cm³/mol. The Morgan fingerprint density at radius 3 is 2.68 bits per heavy atom. The summed E-state index contributed by atoms with van der Waals surface area (Å²) >= 11 is 5.92. The van der Waals surface area contributed by atoms with E-state index in [4.69, 9.17) is 16.0 Å². The molecular weight excluding hydrogens is 332 g/mol. The number of halogens is 1. The number of aromatic nitrogens is 1. The number of nitrogens with one attached hydrogen (secondary N) is 2. The Kier molecular flexibility index (Phi) is 4.59. The lowest BCUT2D eigenvalue weighted by Gasteiger charge is -2.03. The highest BCUT2D eigenvalue weighted by Gasteiger charge is 2.06. The van der Waals surface area contributed by atoms with Crippen molar-refractivity contribution in [1.29, 1.82) is 0 Å². The molecule has 2 aromatic heterocycles. The maximum absolute atomic E-state index is 5.92. The maximum Gasteiger partial charge on any atom is 0.134 e. The van der Waals surface area contributed by atoms with Crippen molar-refractivity contribution in [2.24, 2.45) is 0 Å². The van der Waals surface area contributed by atoms with Crippen LogP contribution in [0.15, 0.2) is 71.3 Å². The van der Waals surface area contributed by atoms with Gasteiger partial charge in [-0.1, -0.05) is 29.8 Å². The summed E-state index contributed by atoms with van der Waals surface area (Å²) in [4.78, 5) is 3.32. The molecule has 2 heterocycles. The quantitative estimate of drug-likeness (QED) is 0.456. The van der Waals surface area contributed by atoms with Gasteiger partial charge in [-0.3, -0.25) is 0 Å². The fraction of sp³-hybridized carbons (Fsp3) is 0.143. The first-order valence-corrected chi connectivity index (χ1v) is 8.78. The van der Waals surface area contributed by atoms with Crippen molar-refractivity contribution in [3.05, 3.63) is 83.2 Å². The third-order valence-corrected chi connectivity index (χ3v) is 4.59. The van der Waals surface area contributed by atoms with E-state index in [2.05, 4.69) is 40.8 Å². The largest absolute Gasteiger partial charge is 0.460 e. The van der Waals surface area contributed by atoms with Gasteiger partial charge in [0.2, 0.25) is 0 Å². The Morgan fingerprint density at radius 2 is 1.80 bits per heavy atom. The zero-order chi connectivity index (χ0) is 17.1. The van der Waals surface area contributed by atoms with Gasteiger partial charge in [0.05, 0.1) is 6.54 Å². The minimum absolute atomic E-state index is 0.718. The summed E-state index contributed by atoms with van der Waals surface area (Å²) in [6.45, 7) is 1.62. The number of furan rings is 1. The first kappa shape index (κ1) is 16.0. The summed E-state index contributed by atoms with van der Waals surface area (Å²) in [6.07, 6.45) is 3.08. The van der Waals surface area contributed by atoms with Crippen LogP contribution in [0.5, 0.6) is 0 Å². The zero-order valence-corrected chi connectivity index (χ0v) is 14.5. The number of para-hydroxylation sites is 1. The first-order chi connectivity index (χ1) is 12.3. The van der Waals surface area contributed by atoms with Crippen LogP contribution in [0.25, 0.3) is 22.2 Å². The highest BCUT2D eigenvalue weighted by atomic mass is 35.5. The van der Waals surface area contributed by atoms with Crippen LogP contribution in [0, 0.1) is 0 Å². The number of fused-ring (bicyclic) bond motifs is 1. The van der Waals surface area contributed by atoms with Gasteiger partial charge in [0.25, 0.3) is 0 Å². The van der Waals surface area contributed by atoms with Crippen molar-refractivity contribution in [2.75, 3.05) is 6.54 Å². The number of hydrogen-bond acceptors (Lipinski definition) is 2. The number of H-pyrrole nitrogens is 1. The second-order valence-corrected chi connectivity index (χ2v) is 6.50. The molecule has 4 aromatic rings. The van der Waals surface area contributed by atoms with Crippen molar-refractivity contribution in [2.45, 2.75) is 13.0 Å². The van der Waals surface area contributed by atoms with Crippen LogP contribution in [0.3, 0.4) is 0 Å². The Morgan fingerprint density at radius 1 is 0.960 bits per heavy atom. The van der Waals surface area contributed by atoms with Gasteiger partial charge in [0, 0.05) is 27.7 Å². The predicted octanol–water partition coefficient (Wildman–Crippen LogP) is 5.41. The standard InChI is InChI=1S/C21H19ClN2O/c22-17-7-5-15(6-8-17)21-10-9-18(25-21)14-23-12-11-16-13-24-20-4-2-1-3-19(16)20/h1-10,13,23-24H,11-12,14H2. The molecule has 2 N–H and O–H groups in total. The number of aromatic amines is 1. The lowest BCUT2D eigenvalue weighted by atomic mass is 10.1. The summed E-state index contributed by atoms with van der Waals surface area (Å²) < 4.78 is 5.91. The smallest absolute Gasteiger partial charge is 0.134 e. The van der Waals surface area contributed by atoms with E-state index < -0.39 is 0 Å². The lowest BCUT2D eigenvalue weighted by molar-refractivity contribution is 0.495. The molecule has 0 saturated carbocycles. The molecule has 0 radical (unpaired) electrons. The van der Waals surface area contributed by atoms with Crippen LogP contribution in [-0.4, -0.2) is 11.5 Å².